The van der Waals surface area contributed by atoms with Gasteiger partial charge in [0.05, 0.1) is 12.6 Å². The average Bonchev–Trinajstić information content (AvgIpc) is 2.52. The second kappa shape index (κ2) is 4.05. The first kappa shape index (κ1) is 8.16. The molecule has 0 saturated heterocycles. The van der Waals surface area contributed by atoms with E-state index in [0.717, 1.165) is 0 Å². The molecule has 0 aliphatic carbocycles. The third kappa shape index (κ3) is 1.99. The molecule has 0 aliphatic rings. The summed E-state index contributed by atoms with van der Waals surface area (Å²) in [6.45, 7) is 1.13. The number of ether oxygens (including phenoxy) is 1. The van der Waals surface area contributed by atoms with Crippen LogP contribution in [0.15, 0.2) is 12.7 Å². The zero-order chi connectivity index (χ0) is 8.10. The molecule has 1 heterocycles. The van der Waals surface area contributed by atoms with Crippen LogP contribution in [0.1, 0.15) is 6.04 Å². The van der Waals surface area contributed by atoms with Crippen molar-refractivity contribution in [1.29, 1.82) is 0 Å². The minimum absolute atomic E-state index is 0.148. The standard InChI is InChI=1S/C6H12N4O/c1-11-3-6(2-7)10-4-8-9-5-10/h4-6H,2-3,7H2,1H3. The van der Waals surface area contributed by atoms with Crippen molar-refractivity contribution in [1.82, 2.24) is 14.8 Å². The minimum atomic E-state index is 0.148. The smallest absolute Gasteiger partial charge is 0.119 e. The first-order valence-corrected chi connectivity index (χ1v) is 3.41. The van der Waals surface area contributed by atoms with Gasteiger partial charge >= 0.3 is 0 Å². The van der Waals surface area contributed by atoms with Gasteiger partial charge in [0, 0.05) is 13.7 Å². The zero-order valence-corrected chi connectivity index (χ0v) is 6.47. The molecule has 2 N–H and O–H groups in total. The molecule has 11 heavy (non-hydrogen) atoms. The topological polar surface area (TPSA) is 66.0 Å². The Balaban J connectivity index is 2.56. The van der Waals surface area contributed by atoms with E-state index in [4.69, 9.17) is 10.5 Å². The number of nitrogens with zero attached hydrogens (tertiary/aromatic N) is 3. The number of nitrogens with two attached hydrogens (primary N) is 1. The summed E-state index contributed by atoms with van der Waals surface area (Å²) >= 11 is 0. The number of aromatic nitrogens is 3. The molecule has 0 spiro atoms. The molecule has 0 bridgehead atoms. The highest BCUT2D eigenvalue weighted by Gasteiger charge is 2.06. The summed E-state index contributed by atoms with van der Waals surface area (Å²) in [7, 11) is 1.65. The van der Waals surface area contributed by atoms with Crippen molar-refractivity contribution in [3.8, 4) is 0 Å². The lowest BCUT2D eigenvalue weighted by molar-refractivity contribution is 0.158. The summed E-state index contributed by atoms with van der Waals surface area (Å²) in [6, 6.07) is 0.148. The largest absolute Gasteiger partial charge is 0.382 e. The van der Waals surface area contributed by atoms with Crippen LogP contribution in [0.5, 0.6) is 0 Å². The fraction of sp³-hybridized carbons (Fsp3) is 0.667. The Bertz CT molecular complexity index is 186. The van der Waals surface area contributed by atoms with E-state index in [9.17, 15) is 0 Å². The molecule has 5 heteroatoms. The lowest BCUT2D eigenvalue weighted by Crippen LogP contribution is -2.22. The van der Waals surface area contributed by atoms with Crippen LogP contribution in [-0.4, -0.2) is 35.0 Å². The SMILES string of the molecule is COCC(CN)n1cnnc1. The summed E-state index contributed by atoms with van der Waals surface area (Å²) in [5, 5.41) is 7.35. The van der Waals surface area contributed by atoms with E-state index < -0.39 is 0 Å². The summed E-state index contributed by atoms with van der Waals surface area (Å²) in [4.78, 5) is 0. The number of hydrogen-bond acceptors (Lipinski definition) is 4. The highest BCUT2D eigenvalue weighted by Crippen LogP contribution is 2.01. The van der Waals surface area contributed by atoms with Gasteiger partial charge < -0.3 is 15.0 Å². The predicted molar refractivity (Wildman–Crippen MR) is 40.0 cm³/mol. The first-order valence-electron chi connectivity index (χ1n) is 3.41. The highest BCUT2D eigenvalue weighted by atomic mass is 16.5. The highest BCUT2D eigenvalue weighted by molar-refractivity contribution is 4.72. The monoisotopic (exact) mass is 156 g/mol. The maximum Gasteiger partial charge on any atom is 0.119 e. The number of hydrogen-bond donors (Lipinski definition) is 1. The van der Waals surface area contributed by atoms with Crippen LogP contribution in [0.2, 0.25) is 0 Å². The van der Waals surface area contributed by atoms with Crippen LogP contribution in [-0.2, 0) is 4.74 Å². The lowest BCUT2D eigenvalue weighted by Gasteiger charge is -2.13. The minimum Gasteiger partial charge on any atom is -0.382 e. The van der Waals surface area contributed by atoms with Gasteiger partial charge in [-0.15, -0.1) is 10.2 Å². The maximum absolute atomic E-state index is 5.49. The third-order valence-corrected chi connectivity index (χ3v) is 1.49. The molecule has 1 aromatic heterocycles. The summed E-state index contributed by atoms with van der Waals surface area (Å²) in [6.07, 6.45) is 3.27. The van der Waals surface area contributed by atoms with Crippen LogP contribution in [0.25, 0.3) is 0 Å². The van der Waals surface area contributed by atoms with Crippen molar-refractivity contribution in [3.63, 3.8) is 0 Å². The Morgan fingerprint density at radius 2 is 2.18 bits per heavy atom. The van der Waals surface area contributed by atoms with E-state index in [0.29, 0.717) is 13.2 Å². The van der Waals surface area contributed by atoms with E-state index in [1.165, 1.54) is 0 Å². The van der Waals surface area contributed by atoms with Gasteiger partial charge in [0.2, 0.25) is 0 Å². The fourth-order valence-corrected chi connectivity index (χ4v) is 0.865. The summed E-state index contributed by atoms with van der Waals surface area (Å²) in [5.74, 6) is 0. The van der Waals surface area contributed by atoms with Gasteiger partial charge in [0.25, 0.3) is 0 Å². The molecule has 5 nitrogen and oxygen atoms in total. The van der Waals surface area contributed by atoms with Crippen molar-refractivity contribution in [2.75, 3.05) is 20.3 Å². The molecule has 0 fully saturated rings. The molecule has 1 rings (SSSR count). The van der Waals surface area contributed by atoms with E-state index in [1.54, 1.807) is 19.8 Å². The quantitative estimate of drug-likeness (QED) is 0.633. The van der Waals surface area contributed by atoms with Gasteiger partial charge in [0.1, 0.15) is 12.7 Å². The molecule has 0 saturated carbocycles. The third-order valence-electron chi connectivity index (χ3n) is 1.49. The Kier molecular flexibility index (Phi) is 3.00. The van der Waals surface area contributed by atoms with E-state index in [2.05, 4.69) is 10.2 Å². The van der Waals surface area contributed by atoms with Gasteiger partial charge in [-0.2, -0.15) is 0 Å². The van der Waals surface area contributed by atoms with Gasteiger partial charge in [-0.25, -0.2) is 0 Å². The van der Waals surface area contributed by atoms with E-state index in [1.807, 2.05) is 4.57 Å². The van der Waals surface area contributed by atoms with E-state index in [-0.39, 0.29) is 6.04 Å². The van der Waals surface area contributed by atoms with Crippen molar-refractivity contribution in [3.05, 3.63) is 12.7 Å². The second-order valence-corrected chi connectivity index (χ2v) is 2.25. The molecule has 0 radical (unpaired) electrons. The number of methoxy groups -OCH3 is 1. The molecular formula is C6H12N4O. The molecular weight excluding hydrogens is 144 g/mol. The molecule has 62 valence electrons. The van der Waals surface area contributed by atoms with Gasteiger partial charge in [-0.3, -0.25) is 0 Å². The fourth-order valence-electron chi connectivity index (χ4n) is 0.865. The Hall–Kier alpha value is -0.940. The van der Waals surface area contributed by atoms with Crippen LogP contribution in [0.4, 0.5) is 0 Å². The Morgan fingerprint density at radius 3 is 2.64 bits per heavy atom. The van der Waals surface area contributed by atoms with Crippen molar-refractivity contribution >= 4 is 0 Å². The van der Waals surface area contributed by atoms with Gasteiger partial charge in [0.15, 0.2) is 0 Å². The Labute approximate surface area is 65.2 Å². The molecule has 1 unspecified atom stereocenters. The van der Waals surface area contributed by atoms with Gasteiger partial charge in [-0.05, 0) is 0 Å². The van der Waals surface area contributed by atoms with Crippen LogP contribution < -0.4 is 5.73 Å². The second-order valence-electron chi connectivity index (χ2n) is 2.25. The van der Waals surface area contributed by atoms with Crippen LogP contribution >= 0.6 is 0 Å². The zero-order valence-electron chi connectivity index (χ0n) is 6.47. The average molecular weight is 156 g/mol. The first-order chi connectivity index (χ1) is 5.38. The van der Waals surface area contributed by atoms with Gasteiger partial charge in [-0.1, -0.05) is 0 Å². The Morgan fingerprint density at radius 1 is 1.55 bits per heavy atom. The molecule has 0 amide bonds. The number of rotatable bonds is 4. The maximum atomic E-state index is 5.49. The predicted octanol–water partition coefficient (Wildman–Crippen LogP) is -0.576. The summed E-state index contributed by atoms with van der Waals surface area (Å²) < 4.78 is 6.80. The van der Waals surface area contributed by atoms with Crippen LogP contribution in [0.3, 0.4) is 0 Å². The molecule has 1 atom stereocenters. The molecule has 0 aromatic carbocycles. The van der Waals surface area contributed by atoms with Crippen molar-refractivity contribution in [2.45, 2.75) is 6.04 Å². The molecule has 0 aliphatic heterocycles. The van der Waals surface area contributed by atoms with Crippen molar-refractivity contribution < 1.29 is 4.74 Å². The lowest BCUT2D eigenvalue weighted by atomic mass is 10.3. The van der Waals surface area contributed by atoms with E-state index >= 15 is 0 Å². The molecule has 1 aromatic rings. The normalized spacial score (nSPS) is 13.3. The van der Waals surface area contributed by atoms with Crippen LogP contribution in [0, 0.1) is 0 Å². The van der Waals surface area contributed by atoms with Crippen molar-refractivity contribution in [2.24, 2.45) is 5.73 Å². The summed E-state index contributed by atoms with van der Waals surface area (Å²) in [5.41, 5.74) is 5.49.